The van der Waals surface area contributed by atoms with Crippen molar-refractivity contribution < 1.29 is 4.92 Å². The van der Waals surface area contributed by atoms with E-state index in [1.54, 1.807) is 20.3 Å². The van der Waals surface area contributed by atoms with E-state index in [2.05, 4.69) is 15.4 Å². The Morgan fingerprint density at radius 3 is 2.73 bits per heavy atom. The molecule has 3 aromatic rings. The van der Waals surface area contributed by atoms with Gasteiger partial charge in [-0.25, -0.2) is 9.67 Å². The molecule has 0 bridgehead atoms. The number of benzene rings is 1. The second-order valence-electron chi connectivity index (χ2n) is 6.00. The smallest absolute Gasteiger partial charge is 0.333 e. The summed E-state index contributed by atoms with van der Waals surface area (Å²) in [4.78, 5) is 15.2. The van der Waals surface area contributed by atoms with Gasteiger partial charge in [0, 0.05) is 37.8 Å². The Kier molecular flexibility index (Phi) is 5.22. The lowest BCUT2D eigenvalue weighted by molar-refractivity contribution is -0.384. The SMILES string of the molecule is Cc1nn(C)c(NCCc2cn(Cc3ccc(Cl)cc3)cn2)c1[N+](=O)[O-]. The normalized spacial score (nSPS) is 10.9. The topological polar surface area (TPSA) is 90.8 Å². The summed E-state index contributed by atoms with van der Waals surface area (Å²) in [5, 5.41) is 19.1. The lowest BCUT2D eigenvalue weighted by atomic mass is 10.2. The number of halogens is 1. The Morgan fingerprint density at radius 2 is 2.04 bits per heavy atom. The molecule has 0 unspecified atom stereocenters. The molecular formula is C17H19ClN6O2. The first-order valence-corrected chi connectivity index (χ1v) is 8.49. The Balaban J connectivity index is 1.59. The van der Waals surface area contributed by atoms with Crippen LogP contribution in [0.4, 0.5) is 11.5 Å². The summed E-state index contributed by atoms with van der Waals surface area (Å²) in [5.74, 6) is 0.410. The van der Waals surface area contributed by atoms with Gasteiger partial charge in [-0.3, -0.25) is 10.1 Å². The van der Waals surface area contributed by atoms with E-state index in [0.29, 0.717) is 36.0 Å². The maximum Gasteiger partial charge on any atom is 0.333 e. The van der Waals surface area contributed by atoms with Gasteiger partial charge >= 0.3 is 5.69 Å². The zero-order valence-corrected chi connectivity index (χ0v) is 15.3. The predicted octanol–water partition coefficient (Wildman–Crippen LogP) is 3.19. The minimum Gasteiger partial charge on any atom is -0.364 e. The molecule has 9 heteroatoms. The van der Waals surface area contributed by atoms with Crippen molar-refractivity contribution in [1.29, 1.82) is 0 Å². The van der Waals surface area contributed by atoms with Crippen molar-refractivity contribution in [3.05, 3.63) is 68.9 Å². The molecule has 0 aliphatic carbocycles. The highest BCUT2D eigenvalue weighted by atomic mass is 35.5. The van der Waals surface area contributed by atoms with E-state index in [1.165, 1.54) is 4.68 Å². The lowest BCUT2D eigenvalue weighted by Gasteiger charge is -2.05. The fraction of sp³-hybridized carbons (Fsp3) is 0.294. The molecule has 0 atom stereocenters. The van der Waals surface area contributed by atoms with Crippen LogP contribution in [0.1, 0.15) is 17.0 Å². The first-order valence-electron chi connectivity index (χ1n) is 8.11. The van der Waals surface area contributed by atoms with Crippen molar-refractivity contribution in [3.8, 4) is 0 Å². The number of aryl methyl sites for hydroxylation is 2. The number of hydrogen-bond acceptors (Lipinski definition) is 5. The van der Waals surface area contributed by atoms with Crippen LogP contribution < -0.4 is 5.32 Å². The highest BCUT2D eigenvalue weighted by molar-refractivity contribution is 6.30. The molecule has 0 radical (unpaired) electrons. The predicted molar refractivity (Wildman–Crippen MR) is 99.6 cm³/mol. The van der Waals surface area contributed by atoms with Gasteiger partial charge in [0.2, 0.25) is 5.82 Å². The van der Waals surface area contributed by atoms with Crippen molar-refractivity contribution in [1.82, 2.24) is 19.3 Å². The average Bonchev–Trinajstić information content (AvgIpc) is 3.14. The van der Waals surface area contributed by atoms with Gasteiger partial charge in [0.1, 0.15) is 5.69 Å². The van der Waals surface area contributed by atoms with Gasteiger partial charge in [0.05, 0.1) is 16.9 Å². The number of anilines is 1. The molecule has 1 aromatic carbocycles. The number of nitro groups is 1. The molecule has 8 nitrogen and oxygen atoms in total. The molecule has 0 fully saturated rings. The minimum absolute atomic E-state index is 0.0146. The molecule has 0 aliphatic rings. The molecule has 2 aromatic heterocycles. The summed E-state index contributed by atoms with van der Waals surface area (Å²) < 4.78 is 3.49. The Hall–Kier alpha value is -2.87. The Labute approximate surface area is 155 Å². The second kappa shape index (κ2) is 7.57. The third kappa shape index (κ3) is 4.02. The van der Waals surface area contributed by atoms with Gasteiger partial charge in [-0.2, -0.15) is 5.10 Å². The number of nitrogens with one attached hydrogen (secondary N) is 1. The average molecular weight is 375 g/mol. The van der Waals surface area contributed by atoms with E-state index >= 15 is 0 Å². The lowest BCUT2D eigenvalue weighted by Crippen LogP contribution is -2.10. The minimum atomic E-state index is -0.411. The Morgan fingerprint density at radius 1 is 1.31 bits per heavy atom. The Bertz CT molecular complexity index is 916. The van der Waals surface area contributed by atoms with Gasteiger partial charge in [-0.1, -0.05) is 23.7 Å². The van der Waals surface area contributed by atoms with Crippen LogP contribution in [0.5, 0.6) is 0 Å². The van der Waals surface area contributed by atoms with E-state index in [0.717, 1.165) is 11.3 Å². The van der Waals surface area contributed by atoms with Crippen molar-refractivity contribution in [2.45, 2.75) is 19.9 Å². The van der Waals surface area contributed by atoms with Crippen molar-refractivity contribution in [2.24, 2.45) is 7.05 Å². The molecule has 3 rings (SSSR count). The van der Waals surface area contributed by atoms with Crippen LogP contribution in [-0.2, 0) is 20.0 Å². The van der Waals surface area contributed by atoms with Crippen LogP contribution in [0, 0.1) is 17.0 Å². The number of hydrogen-bond donors (Lipinski definition) is 1. The quantitative estimate of drug-likeness (QED) is 0.506. The first-order chi connectivity index (χ1) is 12.4. The molecule has 1 N–H and O–H groups in total. The van der Waals surface area contributed by atoms with Crippen LogP contribution in [0.25, 0.3) is 0 Å². The van der Waals surface area contributed by atoms with Gasteiger partial charge in [0.15, 0.2) is 0 Å². The van der Waals surface area contributed by atoms with E-state index in [-0.39, 0.29) is 5.69 Å². The molecular weight excluding hydrogens is 356 g/mol. The van der Waals surface area contributed by atoms with Crippen molar-refractivity contribution in [2.75, 3.05) is 11.9 Å². The molecule has 0 saturated carbocycles. The number of aromatic nitrogens is 4. The van der Waals surface area contributed by atoms with Gasteiger partial charge in [-0.15, -0.1) is 0 Å². The molecule has 0 saturated heterocycles. The second-order valence-corrected chi connectivity index (χ2v) is 6.44. The van der Waals surface area contributed by atoms with E-state index in [1.807, 2.05) is 35.0 Å². The largest absolute Gasteiger partial charge is 0.364 e. The third-order valence-electron chi connectivity index (χ3n) is 4.01. The zero-order valence-electron chi connectivity index (χ0n) is 14.5. The molecule has 0 spiro atoms. The maximum atomic E-state index is 11.2. The third-order valence-corrected chi connectivity index (χ3v) is 4.26. The fourth-order valence-electron chi connectivity index (χ4n) is 2.80. The maximum absolute atomic E-state index is 11.2. The summed E-state index contributed by atoms with van der Waals surface area (Å²) >= 11 is 5.90. The number of nitrogens with zero attached hydrogens (tertiary/aromatic N) is 5. The highest BCUT2D eigenvalue weighted by Crippen LogP contribution is 2.27. The van der Waals surface area contributed by atoms with Gasteiger partial charge < -0.3 is 9.88 Å². The number of rotatable bonds is 7. The molecule has 0 aliphatic heterocycles. The van der Waals surface area contributed by atoms with E-state index < -0.39 is 4.92 Å². The van der Waals surface area contributed by atoms with Crippen LogP contribution in [0.2, 0.25) is 5.02 Å². The van der Waals surface area contributed by atoms with Crippen LogP contribution in [-0.4, -0.2) is 30.8 Å². The highest BCUT2D eigenvalue weighted by Gasteiger charge is 2.23. The van der Waals surface area contributed by atoms with Gasteiger partial charge in [-0.05, 0) is 24.6 Å². The van der Waals surface area contributed by atoms with E-state index in [4.69, 9.17) is 11.6 Å². The molecule has 26 heavy (non-hydrogen) atoms. The number of imidazole rings is 1. The first kappa shape index (κ1) is 17.9. The molecule has 0 amide bonds. The van der Waals surface area contributed by atoms with Crippen LogP contribution >= 0.6 is 11.6 Å². The molecule has 136 valence electrons. The summed E-state index contributed by atoms with van der Waals surface area (Å²) in [6.07, 6.45) is 4.40. The summed E-state index contributed by atoms with van der Waals surface area (Å²) in [5.41, 5.74) is 2.46. The summed E-state index contributed by atoms with van der Waals surface area (Å²) in [7, 11) is 1.68. The fourth-order valence-corrected chi connectivity index (χ4v) is 2.92. The molecule has 2 heterocycles. The van der Waals surface area contributed by atoms with Crippen LogP contribution in [0.15, 0.2) is 36.8 Å². The van der Waals surface area contributed by atoms with Gasteiger partial charge in [0.25, 0.3) is 0 Å². The standard InChI is InChI=1S/C17H19ClN6O2/c1-12-16(24(25)26)17(22(2)21-12)19-8-7-15-10-23(11-20-15)9-13-3-5-14(18)6-4-13/h3-6,10-11,19H,7-9H2,1-2H3. The van der Waals surface area contributed by atoms with Crippen LogP contribution in [0.3, 0.4) is 0 Å². The van der Waals surface area contributed by atoms with E-state index in [9.17, 15) is 10.1 Å². The zero-order chi connectivity index (χ0) is 18.7. The summed E-state index contributed by atoms with van der Waals surface area (Å²) in [6.45, 7) is 2.86. The van der Waals surface area contributed by atoms with Crippen molar-refractivity contribution in [3.63, 3.8) is 0 Å². The monoisotopic (exact) mass is 374 g/mol. The summed E-state index contributed by atoms with van der Waals surface area (Å²) in [6, 6.07) is 7.68. The van der Waals surface area contributed by atoms with Crippen molar-refractivity contribution >= 4 is 23.1 Å².